The van der Waals surface area contributed by atoms with Gasteiger partial charge in [-0.3, -0.25) is 14.4 Å². The zero-order chi connectivity index (χ0) is 21.7. The predicted octanol–water partition coefficient (Wildman–Crippen LogP) is 4.86. The summed E-state index contributed by atoms with van der Waals surface area (Å²) >= 11 is 5.17. The molecule has 0 radical (unpaired) electrons. The van der Waals surface area contributed by atoms with Gasteiger partial charge in [-0.2, -0.15) is 35.3 Å². The van der Waals surface area contributed by atoms with Crippen LogP contribution in [0.3, 0.4) is 0 Å². The molecule has 8 heteroatoms. The Bertz CT molecular complexity index is 420. The van der Waals surface area contributed by atoms with E-state index in [9.17, 15) is 14.4 Å². The van der Waals surface area contributed by atoms with Crippen molar-refractivity contribution in [3.8, 4) is 0 Å². The fraction of sp³-hybridized carbons (Fsp3) is 0.857. The van der Waals surface area contributed by atoms with E-state index in [-0.39, 0.29) is 36.9 Å². The molecule has 170 valence electrons. The minimum absolute atomic E-state index is 0.0528. The maximum absolute atomic E-state index is 11.9. The van der Waals surface area contributed by atoms with Crippen LogP contribution >= 0.6 is 35.3 Å². The molecule has 0 saturated carbocycles. The standard InChI is InChI=1S/C21H38O5S3/c1-27-13-5-10-19(22)9-4-8-18(16-25-20(23)11-6-14-28-2)17-26-21(24)12-7-15-29-3/h18H,4-17H2,1-3H3. The maximum Gasteiger partial charge on any atom is 0.305 e. The Kier molecular flexibility index (Phi) is 20.7. The van der Waals surface area contributed by atoms with E-state index in [0.717, 1.165) is 42.9 Å². The Labute approximate surface area is 189 Å². The van der Waals surface area contributed by atoms with Gasteiger partial charge in [0.05, 0.1) is 13.2 Å². The number of thioether (sulfide) groups is 3. The molecule has 0 rings (SSSR count). The lowest BCUT2D eigenvalue weighted by Gasteiger charge is -2.17. The van der Waals surface area contributed by atoms with E-state index in [0.29, 0.717) is 32.1 Å². The molecule has 29 heavy (non-hydrogen) atoms. The first-order valence-corrected chi connectivity index (χ1v) is 14.5. The third-order valence-corrected chi connectivity index (χ3v) is 6.38. The zero-order valence-electron chi connectivity index (χ0n) is 18.2. The van der Waals surface area contributed by atoms with Crippen molar-refractivity contribution in [2.45, 2.75) is 57.8 Å². The molecular formula is C21H38O5S3. The lowest BCUT2D eigenvalue weighted by Crippen LogP contribution is -2.21. The van der Waals surface area contributed by atoms with Crippen molar-refractivity contribution in [1.82, 2.24) is 0 Å². The van der Waals surface area contributed by atoms with Crippen molar-refractivity contribution in [1.29, 1.82) is 0 Å². The Morgan fingerprint density at radius 3 is 1.52 bits per heavy atom. The molecule has 0 aromatic rings. The van der Waals surface area contributed by atoms with E-state index in [4.69, 9.17) is 9.47 Å². The van der Waals surface area contributed by atoms with Gasteiger partial charge < -0.3 is 9.47 Å². The number of Topliss-reactive ketones (excluding diaryl/α,β-unsaturated/α-hetero) is 1. The molecular weight excluding hydrogens is 428 g/mol. The maximum atomic E-state index is 11.9. The third-order valence-electron chi connectivity index (χ3n) is 4.29. The van der Waals surface area contributed by atoms with Crippen LogP contribution < -0.4 is 0 Å². The van der Waals surface area contributed by atoms with Crippen LogP contribution in [-0.4, -0.2) is 67.0 Å². The molecule has 0 heterocycles. The van der Waals surface area contributed by atoms with Gasteiger partial charge >= 0.3 is 11.9 Å². The molecule has 0 atom stereocenters. The van der Waals surface area contributed by atoms with Crippen LogP contribution in [0.2, 0.25) is 0 Å². The average molecular weight is 467 g/mol. The van der Waals surface area contributed by atoms with Crippen molar-refractivity contribution >= 4 is 53.0 Å². The van der Waals surface area contributed by atoms with Crippen molar-refractivity contribution < 1.29 is 23.9 Å². The molecule has 5 nitrogen and oxygen atoms in total. The van der Waals surface area contributed by atoms with E-state index >= 15 is 0 Å². The van der Waals surface area contributed by atoms with Gasteiger partial charge in [0.15, 0.2) is 0 Å². The summed E-state index contributed by atoms with van der Waals surface area (Å²) < 4.78 is 10.8. The van der Waals surface area contributed by atoms with E-state index in [2.05, 4.69) is 0 Å². The molecule has 0 amide bonds. The summed E-state index contributed by atoms with van der Waals surface area (Å²) in [4.78, 5) is 35.7. The molecule has 0 N–H and O–H groups in total. The number of hydrogen-bond donors (Lipinski definition) is 0. The SMILES string of the molecule is CSCCCC(=O)CCCC(COC(=O)CCCSC)COC(=O)CCCSC. The van der Waals surface area contributed by atoms with Crippen molar-refractivity contribution in [3.63, 3.8) is 0 Å². The molecule has 0 aromatic heterocycles. The summed E-state index contributed by atoms with van der Waals surface area (Å²) in [5.74, 6) is 2.69. The second-order valence-corrected chi connectivity index (χ2v) is 9.91. The highest BCUT2D eigenvalue weighted by molar-refractivity contribution is 7.98. The summed E-state index contributed by atoms with van der Waals surface area (Å²) in [5.41, 5.74) is 0. The molecule has 0 bridgehead atoms. The highest BCUT2D eigenvalue weighted by atomic mass is 32.2. The first-order chi connectivity index (χ1) is 14.0. The van der Waals surface area contributed by atoms with Crippen LogP contribution in [0.25, 0.3) is 0 Å². The van der Waals surface area contributed by atoms with Crippen LogP contribution in [0.1, 0.15) is 57.8 Å². The molecule has 0 fully saturated rings. The van der Waals surface area contributed by atoms with Crippen LogP contribution in [0.15, 0.2) is 0 Å². The molecule has 0 unspecified atom stereocenters. The minimum atomic E-state index is -0.205. The predicted molar refractivity (Wildman–Crippen MR) is 127 cm³/mol. The summed E-state index contributed by atoms with van der Waals surface area (Å²) in [6, 6.07) is 0. The third kappa shape index (κ3) is 19.4. The topological polar surface area (TPSA) is 69.7 Å². The van der Waals surface area contributed by atoms with Crippen LogP contribution in [0, 0.1) is 5.92 Å². The first-order valence-electron chi connectivity index (χ1n) is 10.3. The quantitative estimate of drug-likeness (QED) is 0.186. The number of hydrogen-bond acceptors (Lipinski definition) is 8. The normalized spacial score (nSPS) is 10.9. The van der Waals surface area contributed by atoms with Gasteiger partial charge in [-0.05, 0) is 68.1 Å². The van der Waals surface area contributed by atoms with Crippen molar-refractivity contribution in [3.05, 3.63) is 0 Å². The molecule has 0 spiro atoms. The molecule has 0 aromatic carbocycles. The van der Waals surface area contributed by atoms with E-state index in [1.165, 1.54) is 0 Å². The summed E-state index contributed by atoms with van der Waals surface area (Å²) in [5, 5.41) is 0. The fourth-order valence-electron chi connectivity index (χ4n) is 2.63. The fourth-order valence-corrected chi connectivity index (χ4v) is 3.93. The Balaban J connectivity index is 4.30. The highest BCUT2D eigenvalue weighted by Gasteiger charge is 2.16. The van der Waals surface area contributed by atoms with E-state index in [1.54, 1.807) is 35.3 Å². The lowest BCUT2D eigenvalue weighted by atomic mass is 10.0. The molecule has 0 aliphatic carbocycles. The van der Waals surface area contributed by atoms with Crippen LogP contribution in [0.5, 0.6) is 0 Å². The number of ketones is 1. The summed E-state index contributed by atoms with van der Waals surface area (Å²) in [6.07, 6.45) is 12.0. The Morgan fingerprint density at radius 2 is 1.07 bits per heavy atom. The van der Waals surface area contributed by atoms with Gasteiger partial charge in [0.25, 0.3) is 0 Å². The van der Waals surface area contributed by atoms with E-state index in [1.807, 2.05) is 18.8 Å². The summed E-state index contributed by atoms with van der Waals surface area (Å²) in [6.45, 7) is 0.494. The number of rotatable bonds is 20. The number of carbonyl (C=O) groups excluding carboxylic acids is 3. The Hall–Kier alpha value is -0.340. The van der Waals surface area contributed by atoms with Gasteiger partial charge in [-0.15, -0.1) is 0 Å². The van der Waals surface area contributed by atoms with E-state index < -0.39 is 0 Å². The largest absolute Gasteiger partial charge is 0.465 e. The van der Waals surface area contributed by atoms with Crippen LogP contribution in [0.4, 0.5) is 0 Å². The van der Waals surface area contributed by atoms with Crippen LogP contribution in [-0.2, 0) is 23.9 Å². The highest BCUT2D eigenvalue weighted by Crippen LogP contribution is 2.14. The second kappa shape index (κ2) is 20.9. The second-order valence-electron chi connectivity index (χ2n) is 6.95. The lowest BCUT2D eigenvalue weighted by molar-refractivity contribution is -0.149. The van der Waals surface area contributed by atoms with Gasteiger partial charge in [-0.1, -0.05) is 0 Å². The Morgan fingerprint density at radius 1 is 0.655 bits per heavy atom. The van der Waals surface area contributed by atoms with Gasteiger partial charge in [0.1, 0.15) is 5.78 Å². The summed E-state index contributed by atoms with van der Waals surface area (Å²) in [7, 11) is 0. The minimum Gasteiger partial charge on any atom is -0.465 e. The molecule has 0 aliphatic rings. The average Bonchev–Trinajstić information content (AvgIpc) is 2.70. The number of carbonyl (C=O) groups is 3. The number of ether oxygens (including phenoxy) is 2. The smallest absolute Gasteiger partial charge is 0.305 e. The van der Waals surface area contributed by atoms with Gasteiger partial charge in [0.2, 0.25) is 0 Å². The van der Waals surface area contributed by atoms with Gasteiger partial charge in [-0.25, -0.2) is 0 Å². The zero-order valence-corrected chi connectivity index (χ0v) is 20.7. The monoisotopic (exact) mass is 466 g/mol. The number of esters is 2. The molecule has 0 aliphatic heterocycles. The first kappa shape index (κ1) is 28.7. The molecule has 0 saturated heterocycles. The van der Waals surface area contributed by atoms with Crippen molar-refractivity contribution in [2.24, 2.45) is 5.92 Å². The van der Waals surface area contributed by atoms with Crippen molar-refractivity contribution in [2.75, 3.05) is 49.2 Å². The van der Waals surface area contributed by atoms with Gasteiger partial charge in [0, 0.05) is 31.6 Å².